The van der Waals surface area contributed by atoms with E-state index in [4.69, 9.17) is 21.1 Å². The average Bonchev–Trinajstić information content (AvgIpc) is 2.16. The maximum Gasteiger partial charge on any atom is 0.333 e. The zero-order valence-corrected chi connectivity index (χ0v) is 10.5. The molecule has 0 aromatic heterocycles. The molecular formula is C10H18N2O6. The SMILES string of the molecule is C/C=C(/C(N)=O)N(C)C.O=C(O)CC(O)C(=O)O. The summed E-state index contributed by atoms with van der Waals surface area (Å²) in [5, 5.41) is 24.1. The molecule has 1 atom stereocenters. The smallest absolute Gasteiger partial charge is 0.333 e. The number of aliphatic hydroxyl groups is 1. The van der Waals surface area contributed by atoms with Gasteiger partial charge >= 0.3 is 11.9 Å². The maximum atomic E-state index is 10.5. The number of allylic oxidation sites excluding steroid dienone is 1. The number of primary amides is 1. The van der Waals surface area contributed by atoms with Gasteiger partial charge in [-0.05, 0) is 6.92 Å². The fourth-order valence-electron chi connectivity index (χ4n) is 0.874. The van der Waals surface area contributed by atoms with Gasteiger partial charge in [0.25, 0.3) is 5.91 Å². The van der Waals surface area contributed by atoms with Crippen molar-refractivity contribution in [3.8, 4) is 0 Å². The number of nitrogens with zero attached hydrogens (tertiary/aromatic N) is 1. The zero-order valence-electron chi connectivity index (χ0n) is 10.5. The summed E-state index contributed by atoms with van der Waals surface area (Å²) in [6, 6.07) is 0. The van der Waals surface area contributed by atoms with Gasteiger partial charge in [-0.3, -0.25) is 9.59 Å². The first-order valence-electron chi connectivity index (χ1n) is 4.89. The third-order valence-electron chi connectivity index (χ3n) is 1.66. The van der Waals surface area contributed by atoms with E-state index in [1.807, 2.05) is 0 Å². The van der Waals surface area contributed by atoms with E-state index in [1.165, 1.54) is 0 Å². The van der Waals surface area contributed by atoms with Crippen LogP contribution in [0.25, 0.3) is 0 Å². The molecule has 1 amide bonds. The molecule has 0 fully saturated rings. The van der Waals surface area contributed by atoms with Crippen LogP contribution in [0.15, 0.2) is 11.8 Å². The normalized spacial score (nSPS) is 11.9. The van der Waals surface area contributed by atoms with Gasteiger partial charge in [-0.15, -0.1) is 0 Å². The van der Waals surface area contributed by atoms with Gasteiger partial charge in [0, 0.05) is 14.1 Å². The van der Waals surface area contributed by atoms with Crippen molar-refractivity contribution in [1.29, 1.82) is 0 Å². The fourth-order valence-corrected chi connectivity index (χ4v) is 0.874. The molecule has 0 bridgehead atoms. The highest BCUT2D eigenvalue weighted by atomic mass is 16.4. The number of amides is 1. The molecule has 8 heteroatoms. The minimum Gasteiger partial charge on any atom is -0.481 e. The van der Waals surface area contributed by atoms with E-state index < -0.39 is 24.5 Å². The van der Waals surface area contributed by atoms with Gasteiger partial charge in [0.2, 0.25) is 0 Å². The minimum absolute atomic E-state index is 0.387. The average molecular weight is 262 g/mol. The van der Waals surface area contributed by atoms with Crippen LogP contribution in [0.2, 0.25) is 0 Å². The van der Waals surface area contributed by atoms with Crippen molar-refractivity contribution < 1.29 is 29.7 Å². The lowest BCUT2D eigenvalue weighted by molar-refractivity contribution is -0.152. The van der Waals surface area contributed by atoms with Crippen LogP contribution in [-0.4, -0.2) is 58.3 Å². The Labute approximate surface area is 104 Å². The number of hydrogen-bond donors (Lipinski definition) is 4. The summed E-state index contributed by atoms with van der Waals surface area (Å²) in [6.45, 7) is 1.78. The number of rotatable bonds is 5. The summed E-state index contributed by atoms with van der Waals surface area (Å²) in [4.78, 5) is 31.6. The van der Waals surface area contributed by atoms with Gasteiger partial charge in [0.1, 0.15) is 0 Å². The Morgan fingerprint density at radius 2 is 1.72 bits per heavy atom. The molecular weight excluding hydrogens is 244 g/mol. The molecule has 0 aromatic carbocycles. The largest absolute Gasteiger partial charge is 0.481 e. The second kappa shape index (κ2) is 8.99. The number of carbonyl (C=O) groups excluding carboxylic acids is 1. The van der Waals surface area contributed by atoms with Crippen molar-refractivity contribution in [3.05, 3.63) is 11.8 Å². The molecule has 0 rings (SSSR count). The first-order chi connectivity index (χ1) is 8.13. The molecule has 0 heterocycles. The standard InChI is InChI=1S/C6H12N2O.C4H6O5/c1-4-5(6(7)9)8(2)3;5-2(4(8)9)1-3(6)7/h4H,1-3H3,(H2,7,9);2,5H,1H2,(H,6,7)(H,8,9)/b5-4-;. The summed E-state index contributed by atoms with van der Waals surface area (Å²) in [7, 11) is 3.56. The van der Waals surface area contributed by atoms with E-state index in [1.54, 1.807) is 32.0 Å². The molecule has 5 N–H and O–H groups in total. The molecule has 18 heavy (non-hydrogen) atoms. The Kier molecular flexibility index (Phi) is 9.13. The van der Waals surface area contributed by atoms with E-state index in [-0.39, 0.29) is 5.91 Å². The summed E-state index contributed by atoms with van der Waals surface area (Å²) >= 11 is 0. The highest BCUT2D eigenvalue weighted by molar-refractivity contribution is 5.91. The Morgan fingerprint density at radius 1 is 1.28 bits per heavy atom. The van der Waals surface area contributed by atoms with E-state index >= 15 is 0 Å². The number of aliphatic hydroxyl groups excluding tert-OH is 1. The van der Waals surface area contributed by atoms with Crippen LogP contribution in [0.4, 0.5) is 0 Å². The quantitative estimate of drug-likeness (QED) is 0.458. The van der Waals surface area contributed by atoms with E-state index in [2.05, 4.69) is 0 Å². The number of carboxylic acid groups (broad SMARTS) is 2. The molecule has 0 aliphatic heterocycles. The van der Waals surface area contributed by atoms with Gasteiger partial charge in [-0.25, -0.2) is 4.79 Å². The van der Waals surface area contributed by atoms with Crippen molar-refractivity contribution in [3.63, 3.8) is 0 Å². The topological polar surface area (TPSA) is 141 Å². The zero-order chi connectivity index (χ0) is 14.9. The summed E-state index contributed by atoms with van der Waals surface area (Å²) < 4.78 is 0. The van der Waals surface area contributed by atoms with E-state index in [9.17, 15) is 14.4 Å². The van der Waals surface area contributed by atoms with E-state index in [0.717, 1.165) is 0 Å². The van der Waals surface area contributed by atoms with Gasteiger partial charge in [0.05, 0.1) is 12.1 Å². The Morgan fingerprint density at radius 3 is 1.78 bits per heavy atom. The van der Waals surface area contributed by atoms with Crippen molar-refractivity contribution in [2.75, 3.05) is 14.1 Å². The van der Waals surface area contributed by atoms with Gasteiger partial charge in [0.15, 0.2) is 6.10 Å². The molecule has 0 aliphatic carbocycles. The Bertz CT molecular complexity index is 337. The van der Waals surface area contributed by atoms with Crippen LogP contribution in [0.1, 0.15) is 13.3 Å². The third-order valence-corrected chi connectivity index (χ3v) is 1.66. The van der Waals surface area contributed by atoms with Crippen LogP contribution >= 0.6 is 0 Å². The highest BCUT2D eigenvalue weighted by Gasteiger charge is 2.16. The molecule has 1 unspecified atom stereocenters. The molecule has 104 valence electrons. The Hall–Kier alpha value is -2.09. The molecule has 0 aromatic rings. The number of carbonyl (C=O) groups is 3. The molecule has 0 radical (unpaired) electrons. The van der Waals surface area contributed by atoms with Crippen LogP contribution in [0.3, 0.4) is 0 Å². The van der Waals surface area contributed by atoms with Crippen LogP contribution < -0.4 is 5.73 Å². The molecule has 0 spiro atoms. The Balaban J connectivity index is 0. The van der Waals surface area contributed by atoms with Crippen molar-refractivity contribution in [1.82, 2.24) is 4.90 Å². The summed E-state index contributed by atoms with van der Waals surface area (Å²) in [5.74, 6) is -3.23. The number of nitrogens with two attached hydrogens (primary N) is 1. The molecule has 8 nitrogen and oxygen atoms in total. The fraction of sp³-hybridized carbons (Fsp3) is 0.500. The van der Waals surface area contributed by atoms with Crippen molar-refractivity contribution in [2.24, 2.45) is 5.73 Å². The van der Waals surface area contributed by atoms with E-state index in [0.29, 0.717) is 5.70 Å². The second-order valence-electron chi connectivity index (χ2n) is 3.38. The predicted octanol–water partition coefficient (Wildman–Crippen LogP) is -1.16. The number of carboxylic acids is 2. The third kappa shape index (κ3) is 9.16. The van der Waals surface area contributed by atoms with Gasteiger partial charge < -0.3 is 26.0 Å². The van der Waals surface area contributed by atoms with Crippen molar-refractivity contribution in [2.45, 2.75) is 19.4 Å². The molecule has 0 aliphatic rings. The highest BCUT2D eigenvalue weighted by Crippen LogP contribution is 1.94. The lowest BCUT2D eigenvalue weighted by atomic mass is 10.3. The lowest BCUT2D eigenvalue weighted by Gasteiger charge is -2.12. The number of aliphatic carboxylic acids is 2. The predicted molar refractivity (Wildman–Crippen MR) is 62.5 cm³/mol. The van der Waals surface area contributed by atoms with Crippen LogP contribution in [0, 0.1) is 0 Å². The van der Waals surface area contributed by atoms with Gasteiger partial charge in [-0.1, -0.05) is 6.08 Å². The maximum absolute atomic E-state index is 10.5. The van der Waals surface area contributed by atoms with Gasteiger partial charge in [-0.2, -0.15) is 0 Å². The molecule has 0 saturated heterocycles. The monoisotopic (exact) mass is 262 g/mol. The minimum atomic E-state index is -1.79. The second-order valence-corrected chi connectivity index (χ2v) is 3.38. The first-order valence-corrected chi connectivity index (χ1v) is 4.89. The lowest BCUT2D eigenvalue weighted by Crippen LogP contribution is -2.24. The summed E-state index contributed by atoms with van der Waals surface area (Å²) in [6.07, 6.45) is -0.861. The van der Waals surface area contributed by atoms with Crippen LogP contribution in [0.5, 0.6) is 0 Å². The first kappa shape index (κ1) is 18.3. The summed E-state index contributed by atoms with van der Waals surface area (Å²) in [5.41, 5.74) is 5.54. The number of hydrogen-bond acceptors (Lipinski definition) is 5. The number of likely N-dealkylation sites (N-methyl/N-ethyl adjacent to an activating group) is 1. The van der Waals surface area contributed by atoms with Crippen LogP contribution in [-0.2, 0) is 14.4 Å². The molecule has 0 saturated carbocycles. The van der Waals surface area contributed by atoms with Crippen molar-refractivity contribution >= 4 is 17.8 Å².